The third-order valence-electron chi connectivity index (χ3n) is 4.77. The van der Waals surface area contributed by atoms with Crippen LogP contribution in [0, 0.1) is 5.82 Å². The molecule has 2 aromatic carbocycles. The van der Waals surface area contributed by atoms with Gasteiger partial charge in [-0.25, -0.2) is 14.0 Å². The monoisotopic (exact) mass is 411 g/mol. The molecule has 154 valence electrons. The van der Waals surface area contributed by atoms with Gasteiger partial charge in [0.05, 0.1) is 11.7 Å². The molecule has 3 aromatic rings. The molecule has 4 rings (SSSR count). The number of rotatable bonds is 5. The summed E-state index contributed by atoms with van der Waals surface area (Å²) >= 11 is 0. The normalized spacial score (nSPS) is 15.8. The van der Waals surface area contributed by atoms with Crippen LogP contribution in [0.25, 0.3) is 11.0 Å². The molecule has 1 saturated heterocycles. The molecule has 0 bridgehead atoms. The van der Waals surface area contributed by atoms with Gasteiger partial charge in [-0.2, -0.15) is 0 Å². The maximum atomic E-state index is 13.7. The molecule has 1 fully saturated rings. The van der Waals surface area contributed by atoms with Gasteiger partial charge in [0.1, 0.15) is 22.7 Å². The van der Waals surface area contributed by atoms with Crippen LogP contribution in [-0.2, 0) is 4.74 Å². The minimum Gasteiger partial charge on any atom is -0.423 e. The predicted molar refractivity (Wildman–Crippen MR) is 105 cm³/mol. The van der Waals surface area contributed by atoms with E-state index in [0.717, 1.165) is 18.9 Å². The summed E-state index contributed by atoms with van der Waals surface area (Å²) in [6.45, 7) is 0.990. The van der Waals surface area contributed by atoms with Gasteiger partial charge in [0.2, 0.25) is 0 Å². The first-order valence-electron chi connectivity index (χ1n) is 9.46. The molecule has 0 aliphatic carbocycles. The quantitative estimate of drug-likeness (QED) is 0.394. The molecule has 1 amide bonds. The summed E-state index contributed by atoms with van der Waals surface area (Å²) in [4.78, 5) is 36.7. The number of fused-ring (bicyclic) bond motifs is 1. The van der Waals surface area contributed by atoms with Crippen LogP contribution >= 0.6 is 0 Å². The summed E-state index contributed by atoms with van der Waals surface area (Å²) in [5.41, 5.74) is -1.02. The van der Waals surface area contributed by atoms with Gasteiger partial charge in [-0.1, -0.05) is 12.1 Å². The first kappa shape index (κ1) is 19.8. The van der Waals surface area contributed by atoms with Crippen molar-refractivity contribution in [2.24, 2.45) is 0 Å². The Morgan fingerprint density at radius 3 is 2.73 bits per heavy atom. The van der Waals surface area contributed by atoms with Crippen molar-refractivity contribution < 1.29 is 27.9 Å². The Labute approximate surface area is 170 Å². The van der Waals surface area contributed by atoms with Crippen molar-refractivity contribution in [1.29, 1.82) is 0 Å². The van der Waals surface area contributed by atoms with Crippen LogP contribution in [0.4, 0.5) is 4.39 Å². The number of ether oxygens (including phenoxy) is 2. The fourth-order valence-electron chi connectivity index (χ4n) is 3.21. The summed E-state index contributed by atoms with van der Waals surface area (Å²) < 4.78 is 29.6. The number of hydrogen-bond donors (Lipinski definition) is 1. The van der Waals surface area contributed by atoms with Crippen molar-refractivity contribution in [3.05, 3.63) is 75.9 Å². The lowest BCUT2D eigenvalue weighted by atomic mass is 10.1. The van der Waals surface area contributed by atoms with Gasteiger partial charge in [0.25, 0.3) is 5.91 Å². The van der Waals surface area contributed by atoms with Crippen LogP contribution in [0.15, 0.2) is 57.7 Å². The molecule has 0 saturated carbocycles. The van der Waals surface area contributed by atoms with Gasteiger partial charge in [0, 0.05) is 24.6 Å². The second-order valence-electron chi connectivity index (χ2n) is 6.86. The lowest BCUT2D eigenvalue weighted by molar-refractivity contribution is 0.0729. The Morgan fingerprint density at radius 2 is 1.97 bits per heavy atom. The third kappa shape index (κ3) is 4.23. The van der Waals surface area contributed by atoms with Crippen LogP contribution in [0.2, 0.25) is 0 Å². The second kappa shape index (κ2) is 8.46. The van der Waals surface area contributed by atoms with E-state index in [1.165, 1.54) is 36.4 Å². The van der Waals surface area contributed by atoms with E-state index < -0.39 is 23.3 Å². The van der Waals surface area contributed by atoms with Gasteiger partial charge in [-0.05, 0) is 43.2 Å². The smallest absolute Gasteiger partial charge is 0.349 e. The van der Waals surface area contributed by atoms with E-state index in [0.29, 0.717) is 18.5 Å². The van der Waals surface area contributed by atoms with E-state index >= 15 is 0 Å². The number of hydrogen-bond acceptors (Lipinski definition) is 6. The average molecular weight is 411 g/mol. The Kier molecular flexibility index (Phi) is 5.58. The zero-order chi connectivity index (χ0) is 21.1. The lowest BCUT2D eigenvalue weighted by Crippen LogP contribution is -2.34. The highest BCUT2D eigenvalue weighted by atomic mass is 19.1. The molecule has 1 aromatic heterocycles. The molecule has 2 heterocycles. The summed E-state index contributed by atoms with van der Waals surface area (Å²) in [6, 6.07) is 11.2. The highest BCUT2D eigenvalue weighted by Crippen LogP contribution is 2.22. The first-order chi connectivity index (χ1) is 14.5. The van der Waals surface area contributed by atoms with Crippen molar-refractivity contribution >= 4 is 22.8 Å². The zero-order valence-electron chi connectivity index (χ0n) is 15.9. The molecular formula is C22H18FNO6. The van der Waals surface area contributed by atoms with Gasteiger partial charge in [-0.15, -0.1) is 0 Å². The highest BCUT2D eigenvalue weighted by Gasteiger charge is 2.19. The Bertz CT molecular complexity index is 1170. The molecule has 0 radical (unpaired) electrons. The number of amides is 1. The standard InChI is InChI=1S/C22H18FNO6/c23-18-6-2-1-5-16(18)21(26)29-14-8-7-13-10-17(22(27)30-19(13)11-14)20(25)24-12-15-4-3-9-28-15/h1-2,5-8,10-11,15H,3-4,9,12H2,(H,24,25). The molecular weight excluding hydrogens is 393 g/mol. The maximum absolute atomic E-state index is 13.7. The van der Waals surface area contributed by atoms with Crippen LogP contribution in [0.3, 0.4) is 0 Å². The van der Waals surface area contributed by atoms with E-state index in [9.17, 15) is 18.8 Å². The molecule has 8 heteroatoms. The topological polar surface area (TPSA) is 94.8 Å². The number of nitrogens with one attached hydrogen (secondary N) is 1. The van der Waals surface area contributed by atoms with Gasteiger partial charge >= 0.3 is 11.6 Å². The van der Waals surface area contributed by atoms with Crippen molar-refractivity contribution in [1.82, 2.24) is 5.32 Å². The van der Waals surface area contributed by atoms with Crippen LogP contribution < -0.4 is 15.7 Å². The number of carbonyl (C=O) groups excluding carboxylic acids is 2. The molecule has 1 aliphatic rings. The third-order valence-corrected chi connectivity index (χ3v) is 4.77. The SMILES string of the molecule is O=C(Oc1ccc2cc(C(=O)NCC3CCCO3)c(=O)oc2c1)c1ccccc1F. The predicted octanol–water partition coefficient (Wildman–Crippen LogP) is 3.06. The second-order valence-corrected chi connectivity index (χ2v) is 6.86. The number of carbonyl (C=O) groups is 2. The zero-order valence-corrected chi connectivity index (χ0v) is 15.9. The fourth-order valence-corrected chi connectivity index (χ4v) is 3.21. The average Bonchev–Trinajstić information content (AvgIpc) is 3.25. The van der Waals surface area contributed by atoms with Crippen molar-refractivity contribution in [2.45, 2.75) is 18.9 Å². The van der Waals surface area contributed by atoms with Crippen LogP contribution in [0.1, 0.15) is 33.6 Å². The molecule has 0 spiro atoms. The Morgan fingerprint density at radius 1 is 1.13 bits per heavy atom. The molecule has 30 heavy (non-hydrogen) atoms. The summed E-state index contributed by atoms with van der Waals surface area (Å²) in [7, 11) is 0. The van der Waals surface area contributed by atoms with Crippen molar-refractivity contribution in [3.8, 4) is 5.75 Å². The summed E-state index contributed by atoms with van der Waals surface area (Å²) in [5.74, 6) is -2.04. The number of esters is 1. The summed E-state index contributed by atoms with van der Waals surface area (Å²) in [5, 5.41) is 3.15. The molecule has 1 unspecified atom stereocenters. The van der Waals surface area contributed by atoms with Crippen LogP contribution in [0.5, 0.6) is 5.75 Å². The number of halogens is 1. The minimum atomic E-state index is -0.875. The molecule has 7 nitrogen and oxygen atoms in total. The van der Waals surface area contributed by atoms with E-state index in [1.807, 2.05) is 0 Å². The van der Waals surface area contributed by atoms with Gasteiger partial charge in [0.15, 0.2) is 0 Å². The van der Waals surface area contributed by atoms with Gasteiger partial charge < -0.3 is 19.2 Å². The first-order valence-corrected chi connectivity index (χ1v) is 9.46. The van der Waals surface area contributed by atoms with Crippen LogP contribution in [-0.4, -0.2) is 31.1 Å². The minimum absolute atomic E-state index is 0.0480. The van der Waals surface area contributed by atoms with Gasteiger partial charge in [-0.3, -0.25) is 4.79 Å². The molecule has 1 atom stereocenters. The molecule has 1 aliphatic heterocycles. The van der Waals surface area contributed by atoms with E-state index in [-0.39, 0.29) is 28.6 Å². The van der Waals surface area contributed by atoms with Crippen molar-refractivity contribution in [2.75, 3.05) is 13.2 Å². The Balaban J connectivity index is 1.52. The van der Waals surface area contributed by atoms with E-state index in [2.05, 4.69) is 5.32 Å². The van der Waals surface area contributed by atoms with E-state index in [4.69, 9.17) is 13.9 Å². The highest BCUT2D eigenvalue weighted by molar-refractivity contribution is 5.97. The van der Waals surface area contributed by atoms with Crippen molar-refractivity contribution in [3.63, 3.8) is 0 Å². The Hall–Kier alpha value is -3.52. The maximum Gasteiger partial charge on any atom is 0.349 e. The summed E-state index contributed by atoms with van der Waals surface area (Å²) in [6.07, 6.45) is 1.76. The largest absolute Gasteiger partial charge is 0.423 e. The number of benzene rings is 2. The lowest BCUT2D eigenvalue weighted by Gasteiger charge is -2.10. The fraction of sp³-hybridized carbons (Fsp3) is 0.227. The molecule has 1 N–H and O–H groups in total. The van der Waals surface area contributed by atoms with E-state index in [1.54, 1.807) is 6.07 Å².